The van der Waals surface area contributed by atoms with Gasteiger partial charge in [-0.3, -0.25) is 4.79 Å². The van der Waals surface area contributed by atoms with E-state index in [-0.39, 0.29) is 17.2 Å². The van der Waals surface area contributed by atoms with Gasteiger partial charge in [-0.1, -0.05) is 24.3 Å². The van der Waals surface area contributed by atoms with Gasteiger partial charge < -0.3 is 10.0 Å². The second-order valence-corrected chi connectivity index (χ2v) is 4.59. The summed E-state index contributed by atoms with van der Waals surface area (Å²) in [4.78, 5) is 13.9. The van der Waals surface area contributed by atoms with Crippen LogP contribution in [0, 0.1) is 5.82 Å². The van der Waals surface area contributed by atoms with Gasteiger partial charge in [0, 0.05) is 19.2 Å². The third kappa shape index (κ3) is 2.05. The van der Waals surface area contributed by atoms with Crippen molar-refractivity contribution in [1.82, 2.24) is 4.90 Å². The number of carbonyl (C=O) groups is 1. The highest BCUT2D eigenvalue weighted by Crippen LogP contribution is 2.27. The lowest BCUT2D eigenvalue weighted by molar-refractivity contribution is 0.0748. The second-order valence-electron chi connectivity index (χ2n) is 4.59. The van der Waals surface area contributed by atoms with Crippen LogP contribution in [0.5, 0.6) is 5.75 Å². The Labute approximate surface area is 109 Å². The van der Waals surface area contributed by atoms with Gasteiger partial charge in [0.15, 0.2) is 0 Å². The van der Waals surface area contributed by atoms with Gasteiger partial charge in [-0.15, -0.1) is 0 Å². The third-order valence-corrected chi connectivity index (χ3v) is 3.32. The zero-order valence-electron chi connectivity index (χ0n) is 10.1. The molecule has 3 rings (SSSR count). The van der Waals surface area contributed by atoms with Crippen molar-refractivity contribution in [3.8, 4) is 5.75 Å². The zero-order chi connectivity index (χ0) is 13.4. The molecule has 0 unspecified atom stereocenters. The predicted octanol–water partition coefficient (Wildman–Crippen LogP) is 2.69. The largest absolute Gasteiger partial charge is 0.507 e. The van der Waals surface area contributed by atoms with E-state index >= 15 is 0 Å². The fourth-order valence-corrected chi connectivity index (χ4v) is 2.33. The van der Waals surface area contributed by atoms with Gasteiger partial charge in [0.1, 0.15) is 11.6 Å². The molecule has 2 aromatic rings. The lowest BCUT2D eigenvalue weighted by atomic mass is 10.1. The molecule has 0 spiro atoms. The molecule has 96 valence electrons. The number of halogens is 1. The van der Waals surface area contributed by atoms with E-state index < -0.39 is 5.82 Å². The molecular weight excluding hydrogens is 245 g/mol. The van der Waals surface area contributed by atoms with Crippen LogP contribution in [0.1, 0.15) is 21.5 Å². The number of rotatable bonds is 1. The Bertz CT molecular complexity index is 629. The lowest BCUT2D eigenvalue weighted by Crippen LogP contribution is -2.25. The van der Waals surface area contributed by atoms with Gasteiger partial charge in [0.25, 0.3) is 5.91 Å². The topological polar surface area (TPSA) is 40.5 Å². The number of benzene rings is 2. The molecule has 3 nitrogen and oxygen atoms in total. The number of hydrogen-bond acceptors (Lipinski definition) is 2. The molecule has 0 saturated heterocycles. The van der Waals surface area contributed by atoms with Crippen molar-refractivity contribution in [1.29, 1.82) is 0 Å². The molecule has 0 bridgehead atoms. The predicted molar refractivity (Wildman–Crippen MR) is 68.1 cm³/mol. The highest BCUT2D eigenvalue weighted by atomic mass is 19.1. The first kappa shape index (κ1) is 11.7. The molecule has 1 heterocycles. The van der Waals surface area contributed by atoms with Gasteiger partial charge >= 0.3 is 0 Å². The zero-order valence-corrected chi connectivity index (χ0v) is 10.1. The highest BCUT2D eigenvalue weighted by molar-refractivity contribution is 5.97. The van der Waals surface area contributed by atoms with Gasteiger partial charge in [-0.25, -0.2) is 4.39 Å². The van der Waals surface area contributed by atoms with E-state index in [2.05, 4.69) is 0 Å². The Kier molecular flexibility index (Phi) is 2.71. The van der Waals surface area contributed by atoms with Crippen LogP contribution in [-0.2, 0) is 13.1 Å². The molecule has 0 fully saturated rings. The molecule has 1 amide bonds. The van der Waals surface area contributed by atoms with E-state index in [0.717, 1.165) is 17.2 Å². The summed E-state index contributed by atoms with van der Waals surface area (Å²) in [5.74, 6) is -1.16. The molecule has 0 aliphatic carbocycles. The molecule has 0 saturated carbocycles. The number of amides is 1. The summed E-state index contributed by atoms with van der Waals surface area (Å²) in [6.07, 6.45) is 0. The summed E-state index contributed by atoms with van der Waals surface area (Å²) in [6, 6.07) is 11.3. The van der Waals surface area contributed by atoms with Crippen molar-refractivity contribution < 1.29 is 14.3 Å². The molecule has 19 heavy (non-hydrogen) atoms. The molecular formula is C15H12FNO2. The van der Waals surface area contributed by atoms with Crippen LogP contribution < -0.4 is 0 Å². The average molecular weight is 257 g/mol. The summed E-state index contributed by atoms with van der Waals surface area (Å²) in [6.45, 7) is 1.04. The highest BCUT2D eigenvalue weighted by Gasteiger charge is 2.25. The monoisotopic (exact) mass is 257 g/mol. The first-order chi connectivity index (χ1) is 9.15. The number of phenols is 1. The summed E-state index contributed by atoms with van der Waals surface area (Å²) >= 11 is 0. The number of phenolic OH excluding ortho intramolecular Hbond substituents is 1. The summed E-state index contributed by atoms with van der Waals surface area (Å²) < 4.78 is 12.9. The van der Waals surface area contributed by atoms with Crippen LogP contribution in [0.2, 0.25) is 0 Å². The maximum atomic E-state index is 12.9. The second kappa shape index (κ2) is 4.39. The van der Waals surface area contributed by atoms with Crippen molar-refractivity contribution >= 4 is 5.91 Å². The Hall–Kier alpha value is -2.36. The molecule has 0 radical (unpaired) electrons. The van der Waals surface area contributed by atoms with Crippen LogP contribution >= 0.6 is 0 Å². The maximum Gasteiger partial charge on any atom is 0.258 e. The van der Waals surface area contributed by atoms with Crippen LogP contribution in [0.4, 0.5) is 4.39 Å². The third-order valence-electron chi connectivity index (χ3n) is 3.32. The number of fused-ring (bicyclic) bond motifs is 1. The van der Waals surface area contributed by atoms with E-state index in [1.165, 1.54) is 12.1 Å². The van der Waals surface area contributed by atoms with E-state index in [9.17, 15) is 14.3 Å². The SMILES string of the molecule is O=C(c1ccc(F)cc1O)N1Cc2ccccc2C1. The van der Waals surface area contributed by atoms with Gasteiger partial charge in [-0.2, -0.15) is 0 Å². The lowest BCUT2D eigenvalue weighted by Gasteiger charge is -2.16. The normalized spacial score (nSPS) is 13.4. The number of hydrogen-bond donors (Lipinski definition) is 1. The van der Waals surface area contributed by atoms with Crippen molar-refractivity contribution in [2.75, 3.05) is 0 Å². The molecule has 0 atom stereocenters. The number of carbonyl (C=O) groups excluding carboxylic acids is 1. The molecule has 4 heteroatoms. The van der Waals surface area contributed by atoms with Gasteiger partial charge in [0.05, 0.1) is 5.56 Å². The minimum absolute atomic E-state index is 0.134. The fraction of sp³-hybridized carbons (Fsp3) is 0.133. The van der Waals surface area contributed by atoms with Crippen LogP contribution in [0.25, 0.3) is 0 Å². The first-order valence-electron chi connectivity index (χ1n) is 6.00. The Morgan fingerprint density at radius 1 is 1.11 bits per heavy atom. The molecule has 1 aliphatic heterocycles. The van der Waals surface area contributed by atoms with E-state index in [1.807, 2.05) is 24.3 Å². The van der Waals surface area contributed by atoms with Crippen LogP contribution in [0.3, 0.4) is 0 Å². The van der Waals surface area contributed by atoms with E-state index in [1.54, 1.807) is 4.90 Å². The first-order valence-corrected chi connectivity index (χ1v) is 6.00. The van der Waals surface area contributed by atoms with Gasteiger partial charge in [-0.05, 0) is 23.3 Å². The van der Waals surface area contributed by atoms with Crippen LogP contribution in [0.15, 0.2) is 42.5 Å². The summed E-state index contributed by atoms with van der Waals surface area (Å²) in [5, 5.41) is 9.65. The number of nitrogens with zero attached hydrogens (tertiary/aromatic N) is 1. The molecule has 1 N–H and O–H groups in total. The average Bonchev–Trinajstić information content (AvgIpc) is 2.81. The van der Waals surface area contributed by atoms with Crippen molar-refractivity contribution in [2.24, 2.45) is 0 Å². The smallest absolute Gasteiger partial charge is 0.258 e. The van der Waals surface area contributed by atoms with Gasteiger partial charge in [0.2, 0.25) is 0 Å². The van der Waals surface area contributed by atoms with E-state index in [4.69, 9.17) is 0 Å². The molecule has 2 aromatic carbocycles. The fourth-order valence-electron chi connectivity index (χ4n) is 2.33. The van der Waals surface area contributed by atoms with Crippen LogP contribution in [-0.4, -0.2) is 15.9 Å². The Balaban J connectivity index is 1.87. The standard InChI is InChI=1S/C15H12FNO2/c16-12-5-6-13(14(18)7-12)15(19)17-8-10-3-1-2-4-11(10)9-17/h1-7,18H,8-9H2. The Morgan fingerprint density at radius 2 is 1.74 bits per heavy atom. The van der Waals surface area contributed by atoms with Crippen molar-refractivity contribution in [3.05, 3.63) is 65.0 Å². The molecule has 0 aromatic heterocycles. The Morgan fingerprint density at radius 3 is 2.32 bits per heavy atom. The summed E-state index contributed by atoms with van der Waals surface area (Å²) in [7, 11) is 0. The minimum Gasteiger partial charge on any atom is -0.507 e. The van der Waals surface area contributed by atoms with Crippen molar-refractivity contribution in [2.45, 2.75) is 13.1 Å². The van der Waals surface area contributed by atoms with Crippen molar-refractivity contribution in [3.63, 3.8) is 0 Å². The quantitative estimate of drug-likeness (QED) is 0.853. The van der Waals surface area contributed by atoms with E-state index in [0.29, 0.717) is 13.1 Å². The number of aromatic hydroxyl groups is 1. The summed E-state index contributed by atoms with van der Waals surface area (Å²) in [5.41, 5.74) is 2.35. The minimum atomic E-state index is -0.557. The maximum absolute atomic E-state index is 12.9. The molecule has 1 aliphatic rings.